The number of aliphatic hydroxyl groups excluding tert-OH is 1. The number of hydrogen-bond acceptors (Lipinski definition) is 7. The van der Waals surface area contributed by atoms with Gasteiger partial charge in [-0.15, -0.1) is 0 Å². The number of nitrogens with two attached hydrogens (primary N) is 1. The molecule has 0 aliphatic carbocycles. The van der Waals surface area contributed by atoms with Crippen molar-refractivity contribution in [3.05, 3.63) is 35.9 Å². The Labute approximate surface area is 197 Å². The van der Waals surface area contributed by atoms with E-state index >= 15 is 0 Å². The van der Waals surface area contributed by atoms with Crippen LogP contribution in [0.2, 0.25) is 0 Å². The Morgan fingerprint density at radius 2 is 1.84 bits per heavy atom. The average Bonchev–Trinajstić information content (AvgIpc) is 2.80. The van der Waals surface area contributed by atoms with Crippen LogP contribution >= 0.6 is 12.6 Å². The minimum atomic E-state index is -1.13. The van der Waals surface area contributed by atoms with Crippen molar-refractivity contribution in [2.75, 3.05) is 32.5 Å². The van der Waals surface area contributed by atoms with E-state index in [4.69, 9.17) is 5.73 Å². The van der Waals surface area contributed by atoms with E-state index in [0.717, 1.165) is 12.0 Å². The number of thiol groups is 1. The Morgan fingerprint density at radius 3 is 2.38 bits per heavy atom. The lowest BCUT2D eigenvalue weighted by Gasteiger charge is -2.32. The molecule has 0 saturated heterocycles. The van der Waals surface area contributed by atoms with E-state index in [2.05, 4.69) is 37.1 Å². The number of rotatable bonds is 16. The van der Waals surface area contributed by atoms with Crippen LogP contribution in [0.15, 0.2) is 30.3 Å². The predicted octanol–water partition coefficient (Wildman–Crippen LogP) is 0.743. The van der Waals surface area contributed by atoms with Crippen LogP contribution in [0, 0.1) is 5.92 Å². The number of hydrogen-bond donors (Lipinski definition) is 6. The van der Waals surface area contributed by atoms with Gasteiger partial charge in [-0.25, -0.2) is 4.79 Å². The monoisotopic (exact) mass is 468 g/mol. The number of carbonyl (C=O) groups is 2. The Morgan fingerprint density at radius 1 is 1.19 bits per heavy atom. The van der Waals surface area contributed by atoms with E-state index in [-0.39, 0.29) is 31.0 Å². The summed E-state index contributed by atoms with van der Waals surface area (Å²) in [5.74, 6) is -0.520. The van der Waals surface area contributed by atoms with Crippen molar-refractivity contribution >= 4 is 24.5 Å². The van der Waals surface area contributed by atoms with Gasteiger partial charge in [-0.3, -0.25) is 4.79 Å². The number of nitrogens with one attached hydrogen (secondary N) is 2. The number of carbonyl (C=O) groups excluding carboxylic acids is 1. The zero-order valence-electron chi connectivity index (χ0n) is 19.4. The summed E-state index contributed by atoms with van der Waals surface area (Å²) in [7, 11) is 1.48. The van der Waals surface area contributed by atoms with Crippen molar-refractivity contribution in [1.82, 2.24) is 15.5 Å². The lowest BCUT2D eigenvalue weighted by molar-refractivity contribution is -0.150. The zero-order valence-corrected chi connectivity index (χ0v) is 20.3. The Hall–Kier alpha value is -1.65. The van der Waals surface area contributed by atoms with Crippen LogP contribution in [-0.2, 0) is 16.0 Å². The Balaban J connectivity index is 3.01. The highest BCUT2D eigenvalue weighted by atomic mass is 32.1. The molecule has 5 atom stereocenters. The van der Waals surface area contributed by atoms with E-state index in [9.17, 15) is 19.8 Å². The molecule has 0 radical (unpaired) electrons. The van der Waals surface area contributed by atoms with Crippen LogP contribution in [0.25, 0.3) is 0 Å². The first-order valence-corrected chi connectivity index (χ1v) is 11.9. The number of nitrogens with zero attached hydrogens (tertiary/aromatic N) is 1. The third-order valence-electron chi connectivity index (χ3n) is 5.88. The molecule has 0 fully saturated rings. The van der Waals surface area contributed by atoms with Gasteiger partial charge < -0.3 is 31.5 Å². The van der Waals surface area contributed by atoms with Gasteiger partial charge in [0.05, 0.1) is 6.04 Å². The fourth-order valence-electron chi connectivity index (χ4n) is 3.50. The Kier molecular flexibility index (Phi) is 13.5. The van der Waals surface area contributed by atoms with E-state index in [1.165, 1.54) is 11.9 Å². The standard InChI is InChI=1S/C23H40N4O4S/c1-4-16(2)20(25-13-18(24)15-32)14-26-19(12-17-8-6-5-7-9-17)22(29)27(3)21(10-11-28)23(30)31/h5-9,16,18-21,25-26,28,32H,4,10-15,24H2,1-3H3,(H,30,31)/t16-,18+,19-,20+,21-/m0/s1. The van der Waals surface area contributed by atoms with E-state index in [0.29, 0.717) is 31.2 Å². The van der Waals surface area contributed by atoms with Gasteiger partial charge in [0.25, 0.3) is 0 Å². The molecule has 0 unspecified atom stereocenters. The molecule has 1 aromatic carbocycles. The molecule has 0 aliphatic rings. The molecule has 0 spiro atoms. The summed E-state index contributed by atoms with van der Waals surface area (Å²) in [5, 5.41) is 25.6. The van der Waals surface area contributed by atoms with Gasteiger partial charge in [0.2, 0.25) is 5.91 Å². The van der Waals surface area contributed by atoms with Gasteiger partial charge in [-0.2, -0.15) is 12.6 Å². The number of likely N-dealkylation sites (N-methyl/N-ethyl adjacent to an activating group) is 1. The van der Waals surface area contributed by atoms with E-state index in [1.54, 1.807) is 0 Å². The number of carboxylic acids is 1. The fourth-order valence-corrected chi connectivity index (χ4v) is 3.63. The molecule has 0 saturated carbocycles. The second-order valence-electron chi connectivity index (χ2n) is 8.31. The normalized spacial score (nSPS) is 16.1. The van der Waals surface area contributed by atoms with Gasteiger partial charge in [0, 0.05) is 51.0 Å². The minimum Gasteiger partial charge on any atom is -0.480 e. The van der Waals surface area contributed by atoms with Gasteiger partial charge >= 0.3 is 5.97 Å². The van der Waals surface area contributed by atoms with Crippen LogP contribution in [0.1, 0.15) is 32.3 Å². The van der Waals surface area contributed by atoms with Crippen molar-refractivity contribution < 1.29 is 19.8 Å². The highest BCUT2D eigenvalue weighted by Crippen LogP contribution is 2.12. The van der Waals surface area contributed by atoms with Crippen molar-refractivity contribution in [3.63, 3.8) is 0 Å². The molecule has 0 aliphatic heterocycles. The third kappa shape index (κ3) is 9.46. The van der Waals surface area contributed by atoms with Crippen molar-refractivity contribution in [2.24, 2.45) is 11.7 Å². The molecule has 0 heterocycles. The number of benzene rings is 1. The maximum Gasteiger partial charge on any atom is 0.326 e. The summed E-state index contributed by atoms with van der Waals surface area (Å²) in [6.45, 7) is 5.10. The highest BCUT2D eigenvalue weighted by Gasteiger charge is 2.31. The van der Waals surface area contributed by atoms with Crippen LogP contribution in [0.5, 0.6) is 0 Å². The molecule has 1 amide bonds. The molecule has 6 N–H and O–H groups in total. The molecule has 8 nitrogen and oxygen atoms in total. The molecule has 182 valence electrons. The van der Waals surface area contributed by atoms with Crippen molar-refractivity contribution in [2.45, 2.75) is 57.3 Å². The average molecular weight is 469 g/mol. The molecule has 9 heteroatoms. The minimum absolute atomic E-state index is 0.0195. The number of aliphatic carboxylic acids is 1. The van der Waals surface area contributed by atoms with Gasteiger partial charge in [0.1, 0.15) is 6.04 Å². The third-order valence-corrected chi connectivity index (χ3v) is 6.34. The first-order valence-electron chi connectivity index (χ1n) is 11.2. The van der Waals surface area contributed by atoms with Gasteiger partial charge in [0.15, 0.2) is 0 Å². The summed E-state index contributed by atoms with van der Waals surface area (Å²) < 4.78 is 0. The maximum absolute atomic E-state index is 13.3. The van der Waals surface area contributed by atoms with Gasteiger partial charge in [-0.1, -0.05) is 50.6 Å². The quantitative estimate of drug-likeness (QED) is 0.198. The highest BCUT2D eigenvalue weighted by molar-refractivity contribution is 7.80. The molecule has 32 heavy (non-hydrogen) atoms. The number of aliphatic hydroxyl groups is 1. The first kappa shape index (κ1) is 28.4. The summed E-state index contributed by atoms with van der Waals surface area (Å²) in [6, 6.07) is 7.97. The van der Waals surface area contributed by atoms with Crippen LogP contribution < -0.4 is 16.4 Å². The number of carboxylic acid groups (broad SMARTS) is 1. The smallest absolute Gasteiger partial charge is 0.326 e. The molecule has 0 bridgehead atoms. The van der Waals surface area contributed by atoms with Crippen LogP contribution in [0.3, 0.4) is 0 Å². The molecular formula is C23H40N4O4S. The SMILES string of the molecule is CC[C@H](C)[C@@H](CN[C@@H](Cc1ccccc1)C(=O)N(C)[C@@H](CCO)C(=O)O)NC[C@@H](N)CS. The lowest BCUT2D eigenvalue weighted by atomic mass is 9.97. The summed E-state index contributed by atoms with van der Waals surface area (Å²) in [4.78, 5) is 26.2. The Bertz CT molecular complexity index is 679. The van der Waals surface area contributed by atoms with Crippen LogP contribution in [0.4, 0.5) is 0 Å². The maximum atomic E-state index is 13.3. The predicted molar refractivity (Wildman–Crippen MR) is 131 cm³/mol. The second kappa shape index (κ2) is 15.2. The fraction of sp³-hybridized carbons (Fsp3) is 0.652. The molecular weight excluding hydrogens is 428 g/mol. The molecule has 1 rings (SSSR count). The number of amides is 1. The first-order chi connectivity index (χ1) is 15.2. The largest absolute Gasteiger partial charge is 0.480 e. The topological polar surface area (TPSA) is 128 Å². The van der Waals surface area contributed by atoms with Crippen molar-refractivity contribution in [3.8, 4) is 0 Å². The molecule has 1 aromatic rings. The second-order valence-corrected chi connectivity index (χ2v) is 8.67. The summed E-state index contributed by atoms with van der Waals surface area (Å²) in [5.41, 5.74) is 6.98. The van der Waals surface area contributed by atoms with Gasteiger partial charge in [-0.05, 0) is 17.9 Å². The summed E-state index contributed by atoms with van der Waals surface area (Å²) in [6.07, 6.45) is 1.37. The van der Waals surface area contributed by atoms with E-state index < -0.39 is 18.1 Å². The van der Waals surface area contributed by atoms with E-state index in [1.807, 2.05) is 30.3 Å². The lowest BCUT2D eigenvalue weighted by Crippen LogP contribution is -2.55. The zero-order chi connectivity index (χ0) is 24.1. The summed E-state index contributed by atoms with van der Waals surface area (Å²) >= 11 is 4.24. The molecule has 0 aromatic heterocycles. The van der Waals surface area contributed by atoms with Crippen LogP contribution in [-0.4, -0.2) is 83.7 Å². The van der Waals surface area contributed by atoms with Crippen molar-refractivity contribution in [1.29, 1.82) is 0 Å².